The first kappa shape index (κ1) is 21.1. The molecule has 2 heterocycles. The topological polar surface area (TPSA) is 67.4 Å². The fourth-order valence-corrected chi connectivity index (χ4v) is 3.49. The predicted octanol–water partition coefficient (Wildman–Crippen LogP) is 2.97. The maximum absolute atomic E-state index is 14.7. The van der Waals surface area contributed by atoms with Crippen LogP contribution in [-0.2, 0) is 29.0 Å². The van der Waals surface area contributed by atoms with Gasteiger partial charge in [0.05, 0.1) is 25.2 Å². The lowest BCUT2D eigenvalue weighted by atomic mass is 10.1. The van der Waals surface area contributed by atoms with Crippen LogP contribution >= 0.6 is 0 Å². The predicted molar refractivity (Wildman–Crippen MR) is 116 cm³/mol. The van der Waals surface area contributed by atoms with Gasteiger partial charge in [-0.25, -0.2) is 14.4 Å². The number of nitrogens with zero attached hydrogens (tertiary/aromatic N) is 3. The monoisotopic (exact) mass is 420 g/mol. The lowest BCUT2D eigenvalue weighted by Gasteiger charge is -2.26. The summed E-state index contributed by atoms with van der Waals surface area (Å²) in [5.41, 5.74) is 2.98. The van der Waals surface area contributed by atoms with Gasteiger partial charge in [-0.15, -0.1) is 0 Å². The molecule has 6 nitrogen and oxygen atoms in total. The van der Waals surface area contributed by atoms with E-state index in [4.69, 9.17) is 4.74 Å². The van der Waals surface area contributed by atoms with Crippen LogP contribution in [0.1, 0.15) is 16.7 Å². The Morgan fingerprint density at radius 1 is 1.00 bits per heavy atom. The highest BCUT2D eigenvalue weighted by Crippen LogP contribution is 2.21. The van der Waals surface area contributed by atoms with Crippen LogP contribution in [-0.4, -0.2) is 47.1 Å². The molecule has 1 fully saturated rings. The molecule has 4 rings (SSSR count). The van der Waals surface area contributed by atoms with Crippen molar-refractivity contribution in [3.05, 3.63) is 83.4 Å². The average Bonchev–Trinajstić information content (AvgIpc) is 2.80. The normalized spacial score (nSPS) is 14.4. The molecule has 31 heavy (non-hydrogen) atoms. The summed E-state index contributed by atoms with van der Waals surface area (Å²) in [4.78, 5) is 22.9. The molecule has 1 aliphatic heterocycles. The van der Waals surface area contributed by atoms with Gasteiger partial charge in [0.2, 0.25) is 5.91 Å². The second-order valence-electron chi connectivity index (χ2n) is 7.56. The van der Waals surface area contributed by atoms with Crippen LogP contribution < -0.4 is 5.32 Å². The number of nitrogens with one attached hydrogen (secondary N) is 1. The molecule has 1 aliphatic rings. The molecule has 1 aromatic heterocycles. The number of halogens is 1. The number of rotatable bonds is 7. The number of benzene rings is 2. The van der Waals surface area contributed by atoms with Crippen molar-refractivity contribution >= 4 is 5.91 Å². The number of morpholine rings is 1. The van der Waals surface area contributed by atoms with Crippen LogP contribution in [0.5, 0.6) is 0 Å². The summed E-state index contributed by atoms with van der Waals surface area (Å²) in [6, 6.07) is 14.9. The van der Waals surface area contributed by atoms with Gasteiger partial charge in [0.1, 0.15) is 5.82 Å². The highest BCUT2D eigenvalue weighted by Gasteiger charge is 2.14. The van der Waals surface area contributed by atoms with E-state index in [9.17, 15) is 9.18 Å². The molecule has 0 radical (unpaired) electrons. The van der Waals surface area contributed by atoms with E-state index in [0.29, 0.717) is 43.3 Å². The van der Waals surface area contributed by atoms with Gasteiger partial charge < -0.3 is 10.1 Å². The van der Waals surface area contributed by atoms with Gasteiger partial charge in [-0.3, -0.25) is 9.69 Å². The molecule has 1 amide bonds. The molecular weight excluding hydrogens is 395 g/mol. The SMILES string of the molecule is O=C(Cc1cnc(-c2ccc(CN3CCOCC3)cc2F)nc1)NCc1ccccc1. The molecule has 3 aromatic rings. The first-order chi connectivity index (χ1) is 15.2. The maximum Gasteiger partial charge on any atom is 0.224 e. The zero-order valence-corrected chi connectivity index (χ0v) is 17.3. The number of hydrogen-bond acceptors (Lipinski definition) is 5. The number of aromatic nitrogens is 2. The Kier molecular flexibility index (Phi) is 6.96. The van der Waals surface area contributed by atoms with Gasteiger partial charge >= 0.3 is 0 Å². The fraction of sp³-hybridized carbons (Fsp3) is 0.292. The van der Waals surface area contributed by atoms with Crippen LogP contribution in [0.2, 0.25) is 0 Å². The summed E-state index contributed by atoms with van der Waals surface area (Å²) in [7, 11) is 0. The van der Waals surface area contributed by atoms with E-state index < -0.39 is 0 Å². The van der Waals surface area contributed by atoms with E-state index in [1.54, 1.807) is 24.5 Å². The lowest BCUT2D eigenvalue weighted by molar-refractivity contribution is -0.120. The number of amides is 1. The molecule has 0 saturated carbocycles. The number of hydrogen-bond donors (Lipinski definition) is 1. The maximum atomic E-state index is 14.7. The van der Waals surface area contributed by atoms with Crippen molar-refractivity contribution in [3.63, 3.8) is 0 Å². The Labute approximate surface area is 181 Å². The van der Waals surface area contributed by atoms with Gasteiger partial charge in [-0.05, 0) is 28.8 Å². The molecule has 1 saturated heterocycles. The largest absolute Gasteiger partial charge is 0.379 e. The van der Waals surface area contributed by atoms with E-state index in [-0.39, 0.29) is 18.1 Å². The molecule has 1 N–H and O–H groups in total. The van der Waals surface area contributed by atoms with Crippen molar-refractivity contribution in [2.75, 3.05) is 26.3 Å². The van der Waals surface area contributed by atoms with Gasteiger partial charge in [0.15, 0.2) is 5.82 Å². The fourth-order valence-electron chi connectivity index (χ4n) is 3.49. The highest BCUT2D eigenvalue weighted by molar-refractivity contribution is 5.78. The van der Waals surface area contributed by atoms with E-state index in [1.165, 1.54) is 0 Å². The molecule has 2 aromatic carbocycles. The Morgan fingerprint density at radius 3 is 2.45 bits per heavy atom. The zero-order valence-electron chi connectivity index (χ0n) is 17.3. The number of carbonyl (C=O) groups is 1. The molecular formula is C24H25FN4O2. The summed E-state index contributed by atoms with van der Waals surface area (Å²) in [6.45, 7) is 4.30. The van der Waals surface area contributed by atoms with E-state index in [0.717, 1.165) is 24.2 Å². The third-order valence-electron chi connectivity index (χ3n) is 5.19. The summed E-state index contributed by atoms with van der Waals surface area (Å²) < 4.78 is 20.0. The Bertz CT molecular complexity index is 1010. The van der Waals surface area contributed by atoms with Crippen molar-refractivity contribution in [1.82, 2.24) is 20.2 Å². The van der Waals surface area contributed by atoms with Gasteiger partial charge in [-0.1, -0.05) is 36.4 Å². The summed E-state index contributed by atoms with van der Waals surface area (Å²) >= 11 is 0. The van der Waals surface area contributed by atoms with Crippen LogP contribution in [0.3, 0.4) is 0 Å². The number of carbonyl (C=O) groups excluding carboxylic acids is 1. The van der Waals surface area contributed by atoms with E-state index >= 15 is 0 Å². The van der Waals surface area contributed by atoms with Crippen molar-refractivity contribution in [1.29, 1.82) is 0 Å². The van der Waals surface area contributed by atoms with Crippen molar-refractivity contribution in [2.45, 2.75) is 19.5 Å². The molecule has 0 spiro atoms. The standard InChI is InChI=1S/C24H25FN4O2/c25-22-12-19(17-29-8-10-31-11-9-29)6-7-21(22)24-27-15-20(16-28-24)13-23(30)26-14-18-4-2-1-3-5-18/h1-7,12,15-16H,8-11,13-14,17H2,(H,26,30). The van der Waals surface area contributed by atoms with Crippen molar-refractivity contribution in [2.24, 2.45) is 0 Å². The third-order valence-corrected chi connectivity index (χ3v) is 5.19. The highest BCUT2D eigenvalue weighted by atomic mass is 19.1. The van der Waals surface area contributed by atoms with Crippen LogP contribution in [0.25, 0.3) is 11.4 Å². The quantitative estimate of drug-likeness (QED) is 0.637. The molecule has 0 unspecified atom stereocenters. The minimum atomic E-state index is -0.348. The van der Waals surface area contributed by atoms with Gasteiger partial charge in [0, 0.05) is 38.6 Å². The minimum absolute atomic E-state index is 0.112. The minimum Gasteiger partial charge on any atom is -0.379 e. The van der Waals surface area contributed by atoms with Gasteiger partial charge in [-0.2, -0.15) is 0 Å². The first-order valence-corrected chi connectivity index (χ1v) is 10.4. The van der Waals surface area contributed by atoms with Crippen LogP contribution in [0.4, 0.5) is 4.39 Å². The first-order valence-electron chi connectivity index (χ1n) is 10.4. The Hall–Kier alpha value is -3.16. The lowest BCUT2D eigenvalue weighted by Crippen LogP contribution is -2.35. The smallest absolute Gasteiger partial charge is 0.224 e. The molecule has 0 bridgehead atoms. The summed E-state index contributed by atoms with van der Waals surface area (Å²) in [5.74, 6) is -0.151. The zero-order chi connectivity index (χ0) is 21.5. The Balaban J connectivity index is 1.34. The van der Waals surface area contributed by atoms with Crippen LogP contribution in [0.15, 0.2) is 60.9 Å². The summed E-state index contributed by atoms with van der Waals surface area (Å²) in [5, 5.41) is 2.88. The Morgan fingerprint density at radius 2 is 1.74 bits per heavy atom. The summed E-state index contributed by atoms with van der Waals surface area (Å²) in [6.07, 6.45) is 3.32. The van der Waals surface area contributed by atoms with E-state index in [1.807, 2.05) is 36.4 Å². The molecule has 0 aliphatic carbocycles. The average molecular weight is 420 g/mol. The van der Waals surface area contributed by atoms with Crippen LogP contribution in [0, 0.1) is 5.82 Å². The molecule has 160 valence electrons. The second kappa shape index (κ2) is 10.2. The van der Waals surface area contributed by atoms with Gasteiger partial charge in [0.25, 0.3) is 0 Å². The van der Waals surface area contributed by atoms with Crippen molar-refractivity contribution < 1.29 is 13.9 Å². The number of ether oxygens (including phenoxy) is 1. The molecule has 0 atom stereocenters. The third kappa shape index (κ3) is 5.93. The second-order valence-corrected chi connectivity index (χ2v) is 7.56. The molecule has 7 heteroatoms. The van der Waals surface area contributed by atoms with Crippen molar-refractivity contribution in [3.8, 4) is 11.4 Å². The van der Waals surface area contributed by atoms with E-state index in [2.05, 4.69) is 20.2 Å².